The first-order valence-electron chi connectivity index (χ1n) is 8.02. The van der Waals surface area contributed by atoms with Crippen LogP contribution in [-0.4, -0.2) is 12.4 Å². The van der Waals surface area contributed by atoms with Gasteiger partial charge in [-0.3, -0.25) is 4.79 Å². The first-order chi connectivity index (χ1) is 10.1. The maximum absolute atomic E-state index is 11.5. The number of carbonyl (C=O) groups is 1. The lowest BCUT2D eigenvalue weighted by molar-refractivity contribution is -0.118. The predicted molar refractivity (Wildman–Crippen MR) is 95.9 cm³/mol. The van der Waals surface area contributed by atoms with Gasteiger partial charge in [-0.2, -0.15) is 0 Å². The number of rotatable bonds is 6. The van der Waals surface area contributed by atoms with E-state index in [0.29, 0.717) is 13.0 Å². The lowest BCUT2D eigenvalue weighted by atomic mass is 9.77. The largest absolute Gasteiger partial charge is 0.489 e. The van der Waals surface area contributed by atoms with Crippen molar-refractivity contribution >= 4 is 5.78 Å². The molecule has 2 heteroatoms. The number of hydrogen-bond donors (Lipinski definition) is 0. The third-order valence-electron chi connectivity index (χ3n) is 3.29. The quantitative estimate of drug-likeness (QED) is 0.645. The molecule has 0 fully saturated rings. The molecule has 2 nitrogen and oxygen atoms in total. The molecule has 1 aromatic carbocycles. The van der Waals surface area contributed by atoms with Gasteiger partial charge in [0.15, 0.2) is 0 Å². The molecule has 0 atom stereocenters. The number of ether oxygens (including phenoxy) is 1. The minimum absolute atomic E-state index is 0.195. The van der Waals surface area contributed by atoms with E-state index in [1.165, 1.54) is 11.1 Å². The Kier molecular flexibility index (Phi) is 8.15. The van der Waals surface area contributed by atoms with Gasteiger partial charge in [0.2, 0.25) is 0 Å². The fourth-order valence-electron chi connectivity index (χ4n) is 2.82. The van der Waals surface area contributed by atoms with Crippen LogP contribution in [0, 0.1) is 13.8 Å². The molecule has 0 unspecified atom stereocenters. The first kappa shape index (κ1) is 20.4. The minimum Gasteiger partial charge on any atom is -0.489 e. The van der Waals surface area contributed by atoms with E-state index in [9.17, 15) is 4.79 Å². The van der Waals surface area contributed by atoms with E-state index < -0.39 is 0 Å². The number of ketones is 1. The topological polar surface area (TPSA) is 26.3 Å². The lowest BCUT2D eigenvalue weighted by Gasteiger charge is -2.29. The number of hydrogen-bond acceptors (Lipinski definition) is 2. The first-order valence-corrected chi connectivity index (χ1v) is 8.02. The van der Waals surface area contributed by atoms with E-state index in [-0.39, 0.29) is 11.2 Å². The maximum atomic E-state index is 11.5. The summed E-state index contributed by atoms with van der Waals surface area (Å²) in [6.45, 7) is 20.3. The van der Waals surface area contributed by atoms with Crippen LogP contribution < -0.4 is 4.74 Å². The number of carbonyl (C=O) groups excluding carboxylic acids is 1. The molecular weight excluding hydrogens is 272 g/mol. The van der Waals surface area contributed by atoms with Crippen LogP contribution in [0.4, 0.5) is 0 Å². The molecule has 1 aromatic rings. The molecule has 124 valence electrons. The highest BCUT2D eigenvalue weighted by Gasteiger charge is 2.28. The minimum atomic E-state index is -0.228. The molecule has 0 bridgehead atoms. The highest BCUT2D eigenvalue weighted by molar-refractivity contribution is 5.77. The second-order valence-electron chi connectivity index (χ2n) is 6.46. The molecule has 0 spiro atoms. The standard InChI is InChI=1S/C18H26O2.C2H6/c1-12(2)11-20-16-9-13(3)8-14(4)17(16)18(6,7)10-15(5)19;1-2/h8-9H,1,10-11H2,2-7H3;1-2H3. The highest BCUT2D eigenvalue weighted by atomic mass is 16.5. The van der Waals surface area contributed by atoms with Crippen molar-refractivity contribution in [2.45, 2.75) is 67.2 Å². The van der Waals surface area contributed by atoms with Crippen molar-refractivity contribution < 1.29 is 9.53 Å². The molecular formula is C20H32O2. The smallest absolute Gasteiger partial charge is 0.130 e. The summed E-state index contributed by atoms with van der Waals surface area (Å²) < 4.78 is 5.92. The summed E-state index contributed by atoms with van der Waals surface area (Å²) >= 11 is 0. The number of aryl methyl sites for hydroxylation is 2. The molecule has 0 radical (unpaired) electrons. The van der Waals surface area contributed by atoms with Gasteiger partial charge >= 0.3 is 0 Å². The van der Waals surface area contributed by atoms with Crippen molar-refractivity contribution in [2.75, 3.05) is 6.61 Å². The van der Waals surface area contributed by atoms with Gasteiger partial charge in [0, 0.05) is 17.4 Å². The Morgan fingerprint density at radius 2 is 1.73 bits per heavy atom. The van der Waals surface area contributed by atoms with Crippen molar-refractivity contribution in [3.8, 4) is 5.75 Å². The summed E-state index contributed by atoms with van der Waals surface area (Å²) in [7, 11) is 0. The zero-order valence-corrected chi connectivity index (χ0v) is 15.6. The highest BCUT2D eigenvalue weighted by Crippen LogP contribution is 2.38. The predicted octanol–water partition coefficient (Wildman–Crippen LogP) is 5.54. The van der Waals surface area contributed by atoms with Crippen LogP contribution in [0.3, 0.4) is 0 Å². The van der Waals surface area contributed by atoms with Gasteiger partial charge in [-0.15, -0.1) is 0 Å². The van der Waals surface area contributed by atoms with E-state index in [1.807, 2.05) is 26.8 Å². The van der Waals surface area contributed by atoms with Gasteiger partial charge in [0.05, 0.1) is 0 Å². The second kappa shape index (κ2) is 8.77. The Bertz CT molecular complexity index is 525. The molecule has 0 aliphatic heterocycles. The Morgan fingerprint density at radius 1 is 1.18 bits per heavy atom. The van der Waals surface area contributed by atoms with Crippen LogP contribution in [0.5, 0.6) is 5.75 Å². The average Bonchev–Trinajstić information content (AvgIpc) is 2.35. The summed E-state index contributed by atoms with van der Waals surface area (Å²) in [6.07, 6.45) is 0.514. The number of Topliss-reactive ketones (excluding diaryl/α,β-unsaturated/α-hetero) is 1. The van der Waals surface area contributed by atoms with E-state index >= 15 is 0 Å². The zero-order valence-electron chi connectivity index (χ0n) is 15.6. The third kappa shape index (κ3) is 6.05. The lowest BCUT2D eigenvalue weighted by Crippen LogP contribution is -2.23. The summed E-state index contributed by atoms with van der Waals surface area (Å²) in [6, 6.07) is 4.19. The van der Waals surface area contributed by atoms with Crippen LogP contribution >= 0.6 is 0 Å². The van der Waals surface area contributed by atoms with E-state index in [0.717, 1.165) is 16.9 Å². The van der Waals surface area contributed by atoms with Crippen LogP contribution in [0.25, 0.3) is 0 Å². The van der Waals surface area contributed by atoms with Gasteiger partial charge < -0.3 is 4.74 Å². The maximum Gasteiger partial charge on any atom is 0.130 e. The summed E-state index contributed by atoms with van der Waals surface area (Å²) in [5.41, 5.74) is 4.22. The van der Waals surface area contributed by atoms with Crippen molar-refractivity contribution in [3.63, 3.8) is 0 Å². The van der Waals surface area contributed by atoms with Crippen molar-refractivity contribution in [1.29, 1.82) is 0 Å². The SMILES string of the molecule is C=C(C)COc1cc(C)cc(C)c1C(C)(C)CC(C)=O.CC. The fourth-order valence-corrected chi connectivity index (χ4v) is 2.82. The zero-order chi connectivity index (χ0) is 17.5. The summed E-state index contributed by atoms with van der Waals surface area (Å²) in [4.78, 5) is 11.5. The monoisotopic (exact) mass is 304 g/mol. The average molecular weight is 304 g/mol. The van der Waals surface area contributed by atoms with Gasteiger partial charge in [0.25, 0.3) is 0 Å². The third-order valence-corrected chi connectivity index (χ3v) is 3.29. The fraction of sp³-hybridized carbons (Fsp3) is 0.550. The van der Waals surface area contributed by atoms with Gasteiger partial charge in [-0.05, 0) is 50.5 Å². The molecule has 0 aliphatic carbocycles. The van der Waals surface area contributed by atoms with Crippen molar-refractivity contribution in [1.82, 2.24) is 0 Å². The Morgan fingerprint density at radius 3 is 2.18 bits per heavy atom. The van der Waals surface area contributed by atoms with E-state index in [1.54, 1.807) is 6.92 Å². The van der Waals surface area contributed by atoms with Crippen molar-refractivity contribution in [3.05, 3.63) is 41.0 Å². The summed E-state index contributed by atoms with van der Waals surface area (Å²) in [5.74, 6) is 1.07. The van der Waals surface area contributed by atoms with Crippen LogP contribution in [0.1, 0.15) is 64.7 Å². The molecule has 0 amide bonds. The Hall–Kier alpha value is -1.57. The Labute approximate surface area is 136 Å². The van der Waals surface area contributed by atoms with E-state index in [4.69, 9.17) is 4.74 Å². The van der Waals surface area contributed by atoms with Crippen molar-refractivity contribution in [2.24, 2.45) is 0 Å². The van der Waals surface area contributed by atoms with Crippen LogP contribution in [0.2, 0.25) is 0 Å². The molecule has 22 heavy (non-hydrogen) atoms. The Balaban J connectivity index is 0.00000211. The summed E-state index contributed by atoms with van der Waals surface area (Å²) in [5, 5.41) is 0. The van der Waals surface area contributed by atoms with Gasteiger partial charge in [-0.1, -0.05) is 40.3 Å². The number of benzene rings is 1. The molecule has 0 aromatic heterocycles. The molecule has 0 saturated carbocycles. The van der Waals surface area contributed by atoms with Gasteiger partial charge in [-0.25, -0.2) is 0 Å². The molecule has 0 aliphatic rings. The van der Waals surface area contributed by atoms with Crippen LogP contribution in [-0.2, 0) is 10.2 Å². The van der Waals surface area contributed by atoms with E-state index in [2.05, 4.69) is 40.3 Å². The van der Waals surface area contributed by atoms with Gasteiger partial charge in [0.1, 0.15) is 18.1 Å². The molecule has 0 heterocycles. The molecule has 0 N–H and O–H groups in total. The normalized spacial score (nSPS) is 10.5. The molecule has 0 saturated heterocycles. The van der Waals surface area contributed by atoms with Crippen LogP contribution in [0.15, 0.2) is 24.3 Å². The molecule has 1 rings (SSSR count). The second-order valence-corrected chi connectivity index (χ2v) is 6.46.